The molecule has 7 nitrogen and oxygen atoms in total. The molecule has 2 aliphatic heterocycles. The number of nitrogens with zero attached hydrogens (tertiary/aromatic N) is 3. The topological polar surface area (TPSA) is 102 Å². The third-order valence-corrected chi connectivity index (χ3v) is 6.03. The van der Waals surface area contributed by atoms with E-state index in [9.17, 15) is 53.9 Å². The van der Waals surface area contributed by atoms with Crippen molar-refractivity contribution >= 4 is 17.8 Å². The fourth-order valence-corrected chi connectivity index (χ4v) is 4.04. The van der Waals surface area contributed by atoms with Gasteiger partial charge in [0, 0.05) is 31.7 Å². The lowest BCUT2D eigenvalue weighted by atomic mass is 9.78. The molecule has 16 heteroatoms. The van der Waals surface area contributed by atoms with Crippen molar-refractivity contribution in [3.05, 3.63) is 34.9 Å². The van der Waals surface area contributed by atoms with Gasteiger partial charge in [-0.15, -0.1) is 0 Å². The lowest BCUT2D eigenvalue weighted by Gasteiger charge is -2.38. The molecule has 3 rings (SSSR count). The fraction of sp³-hybridized carbons (Fsp3) is 0.524. The van der Waals surface area contributed by atoms with Gasteiger partial charge < -0.3 is 14.9 Å². The molecule has 2 fully saturated rings. The van der Waals surface area contributed by atoms with Gasteiger partial charge in [-0.25, -0.2) is 4.79 Å². The second-order valence-electron chi connectivity index (χ2n) is 8.44. The molecule has 0 aliphatic carbocycles. The zero-order chi connectivity index (χ0) is 28.4. The van der Waals surface area contributed by atoms with Gasteiger partial charge in [0.1, 0.15) is 0 Å². The molecule has 1 aromatic rings. The Hall–Kier alpha value is -3.51. The van der Waals surface area contributed by atoms with Gasteiger partial charge in [0.2, 0.25) is 0 Å². The van der Waals surface area contributed by atoms with Crippen molar-refractivity contribution in [2.45, 2.75) is 37.8 Å². The Morgan fingerprint density at radius 1 is 0.865 bits per heavy atom. The Labute approximate surface area is 203 Å². The Morgan fingerprint density at radius 2 is 1.35 bits per heavy atom. The number of amides is 2. The number of hydrogen-bond donors (Lipinski definition) is 1. The van der Waals surface area contributed by atoms with Crippen LogP contribution in [0.5, 0.6) is 0 Å². The Kier molecular flexibility index (Phi) is 8.40. The van der Waals surface area contributed by atoms with Crippen LogP contribution < -0.4 is 0 Å². The number of likely N-dealkylation sites (tertiary alicyclic amines) is 2. The third kappa shape index (κ3) is 7.26. The number of benzene rings is 1. The van der Waals surface area contributed by atoms with Crippen LogP contribution >= 0.6 is 0 Å². The minimum absolute atomic E-state index is 0.0960. The first-order valence-corrected chi connectivity index (χ1v) is 10.4. The zero-order valence-electron chi connectivity index (χ0n) is 18.6. The summed E-state index contributed by atoms with van der Waals surface area (Å²) < 4.78 is 105. The molecular weight excluding hydrogens is 529 g/mol. The molecule has 2 heterocycles. The van der Waals surface area contributed by atoms with Gasteiger partial charge in [-0.05, 0) is 42.9 Å². The molecule has 2 amide bonds. The van der Waals surface area contributed by atoms with Crippen LogP contribution in [-0.4, -0.2) is 71.2 Å². The highest BCUT2D eigenvalue weighted by Gasteiger charge is 2.55. The summed E-state index contributed by atoms with van der Waals surface area (Å²) in [5.41, 5.74) is -1.90. The number of alkyl halides is 9. The van der Waals surface area contributed by atoms with Crippen molar-refractivity contribution < 1.29 is 59.0 Å². The van der Waals surface area contributed by atoms with Crippen molar-refractivity contribution in [3.63, 3.8) is 0 Å². The highest BCUT2D eigenvalue weighted by atomic mass is 19.4. The smallest absolute Gasteiger partial charge is 0.459 e. The van der Waals surface area contributed by atoms with E-state index in [0.29, 0.717) is 45.4 Å². The molecule has 37 heavy (non-hydrogen) atoms. The Bertz CT molecular complexity index is 1070. The van der Waals surface area contributed by atoms with Crippen LogP contribution in [0, 0.1) is 16.7 Å². The number of carboxylic acid groups (broad SMARTS) is 1. The summed E-state index contributed by atoms with van der Waals surface area (Å²) in [6.07, 6.45) is -15.4. The van der Waals surface area contributed by atoms with Crippen LogP contribution in [0.2, 0.25) is 0 Å². The third-order valence-electron chi connectivity index (χ3n) is 6.03. The maximum Gasteiger partial charge on any atom is 0.459 e. The van der Waals surface area contributed by atoms with Crippen molar-refractivity contribution in [3.8, 4) is 6.07 Å². The first kappa shape index (κ1) is 29.7. The van der Waals surface area contributed by atoms with Crippen LogP contribution in [0.15, 0.2) is 18.2 Å². The van der Waals surface area contributed by atoms with Crippen molar-refractivity contribution in [1.82, 2.24) is 9.80 Å². The predicted molar refractivity (Wildman–Crippen MR) is 105 cm³/mol. The molecular formula is C21H18F9N3O4. The van der Waals surface area contributed by atoms with E-state index in [2.05, 4.69) is 0 Å². The number of Topliss-reactive ketones (excluding diaryl/α,β-unsaturated/α-hetero) is 1. The van der Waals surface area contributed by atoms with E-state index >= 15 is 0 Å². The first-order valence-electron chi connectivity index (χ1n) is 10.4. The van der Waals surface area contributed by atoms with Gasteiger partial charge in [-0.1, -0.05) is 0 Å². The highest BCUT2D eigenvalue weighted by molar-refractivity contribution is 5.95. The lowest BCUT2D eigenvalue weighted by molar-refractivity contribution is -0.217. The van der Waals surface area contributed by atoms with Crippen LogP contribution in [0.4, 0.5) is 44.3 Å². The number of halogens is 9. The SMILES string of the molecule is N#Cc1ccc(C(=O)N2CCC3(CCN(C(=O)O)CC3)C2)cc1C(F)(F)F.O=C(C(F)(F)F)C(F)(F)F. The number of piperidine rings is 1. The molecule has 0 radical (unpaired) electrons. The molecule has 1 aromatic carbocycles. The molecule has 0 atom stereocenters. The van der Waals surface area contributed by atoms with Crippen LogP contribution in [0.3, 0.4) is 0 Å². The van der Waals surface area contributed by atoms with E-state index in [-0.39, 0.29) is 11.0 Å². The quantitative estimate of drug-likeness (QED) is 0.506. The predicted octanol–water partition coefficient (Wildman–Crippen LogP) is 4.86. The molecule has 1 spiro atoms. The second kappa shape index (κ2) is 10.5. The molecule has 0 aromatic heterocycles. The maximum atomic E-state index is 13.1. The number of hydrogen-bond acceptors (Lipinski definition) is 4. The van der Waals surface area contributed by atoms with Crippen molar-refractivity contribution in [2.75, 3.05) is 26.2 Å². The number of ketones is 1. The van der Waals surface area contributed by atoms with E-state index in [1.54, 1.807) is 0 Å². The molecule has 2 aliphatic rings. The van der Waals surface area contributed by atoms with Gasteiger partial charge in [0.25, 0.3) is 5.91 Å². The Morgan fingerprint density at radius 3 is 1.73 bits per heavy atom. The van der Waals surface area contributed by atoms with Gasteiger partial charge in [0.05, 0.1) is 17.2 Å². The molecule has 2 saturated heterocycles. The normalized spacial score (nSPS) is 17.6. The Balaban J connectivity index is 0.000000410. The summed E-state index contributed by atoms with van der Waals surface area (Å²) in [6, 6.07) is 4.50. The number of rotatable bonds is 1. The van der Waals surface area contributed by atoms with Crippen molar-refractivity contribution in [2.24, 2.45) is 5.41 Å². The summed E-state index contributed by atoms with van der Waals surface area (Å²) in [7, 11) is 0. The molecule has 0 unspecified atom stereocenters. The standard InChI is InChI=1S/C18H18F3N3O3.C3F6O/c19-18(20,21)14-9-12(1-2-13(14)10-22)15(25)24-8-5-17(11-24)3-6-23(7-4-17)16(26)27;4-2(5,6)1(10)3(7,8)9/h1-2,9H,3-8,11H2,(H,26,27);. The van der Waals surface area contributed by atoms with E-state index < -0.39 is 47.4 Å². The minimum Gasteiger partial charge on any atom is -0.465 e. The van der Waals surface area contributed by atoms with Crippen LogP contribution in [0.1, 0.15) is 40.7 Å². The van der Waals surface area contributed by atoms with E-state index in [4.69, 9.17) is 10.4 Å². The number of carbonyl (C=O) groups excluding carboxylic acids is 2. The monoisotopic (exact) mass is 547 g/mol. The van der Waals surface area contributed by atoms with E-state index in [1.807, 2.05) is 0 Å². The van der Waals surface area contributed by atoms with E-state index in [0.717, 1.165) is 12.1 Å². The second-order valence-corrected chi connectivity index (χ2v) is 8.44. The molecule has 204 valence electrons. The van der Waals surface area contributed by atoms with Gasteiger partial charge in [-0.2, -0.15) is 44.8 Å². The average Bonchev–Trinajstić information content (AvgIpc) is 3.20. The largest absolute Gasteiger partial charge is 0.465 e. The van der Waals surface area contributed by atoms with E-state index in [1.165, 1.54) is 21.9 Å². The number of carbonyl (C=O) groups is 3. The van der Waals surface area contributed by atoms with Crippen LogP contribution in [0.25, 0.3) is 0 Å². The summed E-state index contributed by atoms with van der Waals surface area (Å²) in [5, 5.41) is 17.9. The summed E-state index contributed by atoms with van der Waals surface area (Å²) >= 11 is 0. The molecule has 0 saturated carbocycles. The zero-order valence-corrected chi connectivity index (χ0v) is 18.6. The number of nitriles is 1. The molecule has 0 bridgehead atoms. The lowest BCUT2D eigenvalue weighted by Crippen LogP contribution is -2.44. The van der Waals surface area contributed by atoms with Gasteiger partial charge in [0.15, 0.2) is 0 Å². The highest BCUT2D eigenvalue weighted by Crippen LogP contribution is 2.41. The summed E-state index contributed by atoms with van der Waals surface area (Å²) in [5.74, 6) is -4.18. The molecule has 1 N–H and O–H groups in total. The summed E-state index contributed by atoms with van der Waals surface area (Å²) in [6.45, 7) is 1.62. The van der Waals surface area contributed by atoms with Gasteiger partial charge >= 0.3 is 30.4 Å². The van der Waals surface area contributed by atoms with Gasteiger partial charge in [-0.3, -0.25) is 9.59 Å². The average molecular weight is 547 g/mol. The maximum absolute atomic E-state index is 13.1. The van der Waals surface area contributed by atoms with Crippen molar-refractivity contribution in [1.29, 1.82) is 5.26 Å². The van der Waals surface area contributed by atoms with Crippen LogP contribution in [-0.2, 0) is 11.0 Å². The minimum atomic E-state index is -5.82. The summed E-state index contributed by atoms with van der Waals surface area (Å²) in [4.78, 5) is 35.8. The fourth-order valence-electron chi connectivity index (χ4n) is 4.04. The first-order chi connectivity index (χ1) is 16.8.